The van der Waals surface area contributed by atoms with Gasteiger partial charge in [-0.05, 0) is 98.7 Å². The second-order valence-electron chi connectivity index (χ2n) is 13.7. The molecule has 2 N–H and O–H groups in total. The molecule has 16 heteroatoms. The predicted octanol–water partition coefficient (Wildman–Crippen LogP) is 6.45. The first-order valence-corrected chi connectivity index (χ1v) is 22.5. The minimum Gasteiger partial charge on any atom is -0.770 e. The van der Waals surface area contributed by atoms with Crippen LogP contribution in [0.2, 0.25) is 10.0 Å². The van der Waals surface area contributed by atoms with Gasteiger partial charge in [-0.1, -0.05) is 77.8 Å². The molecule has 1 unspecified atom stereocenters. The molecule has 1 aliphatic rings. The molecule has 0 amide bonds. The molecule has 12 nitrogen and oxygen atoms in total. The number of rotatable bonds is 16. The van der Waals surface area contributed by atoms with E-state index < -0.39 is 42.0 Å². The molecule has 0 bridgehead atoms. The molecule has 316 valence electrons. The van der Waals surface area contributed by atoms with E-state index in [1.54, 1.807) is 26.0 Å². The number of quaternary nitrogens is 1. The minimum atomic E-state index is -4.30. The largest absolute Gasteiger partial charge is 0.770 e. The van der Waals surface area contributed by atoms with E-state index in [9.17, 15) is 14.5 Å². The summed E-state index contributed by atoms with van der Waals surface area (Å²) in [4.78, 5) is 42.9. The van der Waals surface area contributed by atoms with Gasteiger partial charge in [-0.25, -0.2) is 4.79 Å². The van der Waals surface area contributed by atoms with Gasteiger partial charge in [-0.3, -0.25) is 14.3 Å². The molecular weight excluding hydrogens is 836 g/mol. The van der Waals surface area contributed by atoms with Crippen LogP contribution >= 0.6 is 29.9 Å². The van der Waals surface area contributed by atoms with Crippen molar-refractivity contribution in [1.29, 1.82) is 0 Å². The first kappa shape index (κ1) is 46.1. The fourth-order valence-corrected chi connectivity index (χ4v) is 8.89. The van der Waals surface area contributed by atoms with E-state index in [0.29, 0.717) is 16.5 Å². The average Bonchev–Trinajstić information content (AvgIpc) is 3.63. The number of ether oxygens (including phenoxy) is 4. The number of hydrogen-bond donors (Lipinski definition) is 2. The van der Waals surface area contributed by atoms with Crippen LogP contribution in [0.4, 0.5) is 0 Å². The molecule has 1 saturated heterocycles. The third kappa shape index (κ3) is 11.4. The van der Waals surface area contributed by atoms with Gasteiger partial charge in [0, 0.05) is 23.2 Å². The number of aryl methyl sites for hydroxylation is 1. The van der Waals surface area contributed by atoms with Crippen LogP contribution in [-0.2, 0) is 31.4 Å². The lowest BCUT2D eigenvalue weighted by atomic mass is 9.80. The number of aromatic amines is 1. The quantitative estimate of drug-likeness (QED) is 0.0841. The van der Waals surface area contributed by atoms with Gasteiger partial charge in [0.25, 0.3) is 5.56 Å². The summed E-state index contributed by atoms with van der Waals surface area (Å²) in [5, 5.41) is 0.433. The Balaban J connectivity index is 0.000000867. The van der Waals surface area contributed by atoms with E-state index in [-0.39, 0.29) is 29.4 Å². The lowest BCUT2D eigenvalue weighted by Gasteiger charge is -2.38. The minimum absolute atomic E-state index is 0.00116. The zero-order chi connectivity index (χ0) is 42.7. The Morgan fingerprint density at radius 1 is 0.881 bits per heavy atom. The van der Waals surface area contributed by atoms with E-state index in [1.165, 1.54) is 48.6 Å². The highest BCUT2D eigenvalue weighted by atomic mass is 35.5. The van der Waals surface area contributed by atoms with Crippen molar-refractivity contribution in [2.75, 3.05) is 40.5 Å². The van der Waals surface area contributed by atoms with Crippen molar-refractivity contribution >= 4 is 41.7 Å². The highest BCUT2D eigenvalue weighted by Gasteiger charge is 2.44. The molecule has 4 aromatic carbocycles. The second-order valence-corrected chi connectivity index (χ2v) is 17.2. The summed E-state index contributed by atoms with van der Waals surface area (Å²) >= 11 is 17.7. The number of aromatic nitrogens is 2. The Morgan fingerprint density at radius 2 is 1.44 bits per heavy atom. The maximum absolute atomic E-state index is 13.8. The highest BCUT2D eigenvalue weighted by Crippen LogP contribution is 2.48. The zero-order valence-electron chi connectivity index (χ0n) is 33.8. The number of nitrogens with zero attached hydrogens (tertiary/aromatic N) is 1. The number of nitrogens with one attached hydrogen (secondary N) is 2. The van der Waals surface area contributed by atoms with E-state index in [1.807, 2.05) is 78.9 Å². The summed E-state index contributed by atoms with van der Waals surface area (Å²) in [5.41, 5.74) is 0.153. The molecule has 0 spiro atoms. The lowest BCUT2D eigenvalue weighted by Crippen LogP contribution is -3.11. The van der Waals surface area contributed by atoms with Crippen LogP contribution in [0.3, 0.4) is 0 Å². The number of halogens is 2. The average molecular weight is 887 g/mol. The summed E-state index contributed by atoms with van der Waals surface area (Å²) < 4.78 is 37.3. The third-order valence-corrected chi connectivity index (χ3v) is 12.1. The zero-order valence-corrected chi connectivity index (χ0v) is 37.0. The van der Waals surface area contributed by atoms with Crippen LogP contribution in [0.5, 0.6) is 17.2 Å². The van der Waals surface area contributed by atoms with Gasteiger partial charge in [0.1, 0.15) is 35.2 Å². The van der Waals surface area contributed by atoms with Crippen LogP contribution in [0, 0.1) is 6.92 Å². The molecule has 1 aliphatic heterocycles. The highest BCUT2D eigenvalue weighted by molar-refractivity contribution is 8.06. The number of methoxy groups -OCH3 is 2. The van der Waals surface area contributed by atoms with Crippen molar-refractivity contribution < 1.29 is 37.8 Å². The monoisotopic (exact) mass is 885 g/mol. The summed E-state index contributed by atoms with van der Waals surface area (Å²) in [5.74, 6) is 1.32. The topological polar surface area (TPSA) is 138 Å². The molecule has 1 fully saturated rings. The van der Waals surface area contributed by atoms with Gasteiger partial charge in [-0.2, -0.15) is 0 Å². The Bertz CT molecular complexity index is 2240. The molecule has 5 aromatic rings. The van der Waals surface area contributed by atoms with Crippen molar-refractivity contribution in [2.24, 2.45) is 0 Å². The van der Waals surface area contributed by atoms with Gasteiger partial charge >= 0.3 is 5.69 Å². The van der Waals surface area contributed by atoms with Crippen LogP contribution in [0.15, 0.2) is 113 Å². The molecule has 2 heterocycles. The Kier molecular flexibility index (Phi) is 16.4. The van der Waals surface area contributed by atoms with E-state index in [4.69, 9.17) is 63.0 Å². The predicted molar refractivity (Wildman–Crippen MR) is 232 cm³/mol. The van der Waals surface area contributed by atoms with E-state index >= 15 is 0 Å². The molecule has 0 radical (unpaired) electrons. The molecule has 0 aliphatic carbocycles. The fourth-order valence-electron chi connectivity index (χ4n) is 6.82. The van der Waals surface area contributed by atoms with E-state index in [2.05, 4.69) is 25.8 Å². The number of benzene rings is 4. The van der Waals surface area contributed by atoms with Crippen molar-refractivity contribution in [3.8, 4) is 17.2 Å². The fraction of sp³-hybridized carbons (Fsp3) is 0.349. The molecule has 1 aromatic heterocycles. The maximum atomic E-state index is 13.8. The Labute approximate surface area is 359 Å². The SMILES string of the molecule is CC[NH+](CC)CC.COc1ccc(C(OC[C@H]2O[C@@H](n3cc(C)c(=O)[nH]c3=O)C[C@@H]2OP([O-])(=S)Oc2ccc(Cl)cc2Cl)(c2ccccc2)c2ccc(OC)cc2)cc1. The van der Waals surface area contributed by atoms with Crippen molar-refractivity contribution in [1.82, 2.24) is 9.55 Å². The van der Waals surface area contributed by atoms with Gasteiger partial charge in [0.05, 0.1) is 51.6 Å². The summed E-state index contributed by atoms with van der Waals surface area (Å²) in [6.07, 6.45) is -1.53. The summed E-state index contributed by atoms with van der Waals surface area (Å²) in [6, 6.07) is 29.0. The van der Waals surface area contributed by atoms with Gasteiger partial charge < -0.3 is 37.8 Å². The van der Waals surface area contributed by atoms with Gasteiger partial charge in [-0.15, -0.1) is 0 Å². The normalized spacial score (nSPS) is 17.5. The molecule has 0 saturated carbocycles. The maximum Gasteiger partial charge on any atom is 0.330 e. The van der Waals surface area contributed by atoms with Crippen molar-refractivity contribution in [3.05, 3.63) is 156 Å². The molecule has 4 atom stereocenters. The van der Waals surface area contributed by atoms with Crippen molar-refractivity contribution in [2.45, 2.75) is 58.2 Å². The second kappa shape index (κ2) is 21.0. The van der Waals surface area contributed by atoms with Crippen LogP contribution in [-0.4, -0.2) is 62.2 Å². The number of H-pyrrole nitrogens is 1. The molecular formula is C43H50Cl2N3O9PS. The molecule has 59 heavy (non-hydrogen) atoms. The van der Waals surface area contributed by atoms with Gasteiger partial charge in [0.2, 0.25) is 0 Å². The molecule has 6 rings (SSSR count). The Hall–Kier alpha value is -4.01. The van der Waals surface area contributed by atoms with Crippen LogP contribution in [0.1, 0.15) is 55.7 Å². The van der Waals surface area contributed by atoms with Crippen LogP contribution in [0.25, 0.3) is 0 Å². The first-order chi connectivity index (χ1) is 28.3. The lowest BCUT2D eigenvalue weighted by molar-refractivity contribution is -0.894. The smallest absolute Gasteiger partial charge is 0.330 e. The summed E-state index contributed by atoms with van der Waals surface area (Å²) in [6.45, 7) is 7.60. The first-order valence-electron chi connectivity index (χ1n) is 19.2. The van der Waals surface area contributed by atoms with E-state index in [0.717, 1.165) is 16.7 Å². The third-order valence-electron chi connectivity index (χ3n) is 10.1. The number of hydrogen-bond acceptors (Lipinski definition) is 10. The van der Waals surface area contributed by atoms with Gasteiger partial charge in [0.15, 0.2) is 6.72 Å². The van der Waals surface area contributed by atoms with Crippen molar-refractivity contribution in [3.63, 3.8) is 0 Å². The standard InChI is InChI=1S/C37H35Cl2N2O9PS.C6H15N/c1-23-21-41(36(43)40-35(23)42)34-20-32(50-51(44,52)49-31-18-13-27(38)19-30(31)39)33(48-34)22-47-37(24-7-5-4-6-8-24,25-9-14-28(45-2)15-10-25)26-11-16-29(46-3)17-12-26;1-4-7(5-2)6-3/h4-19,21,32-34H,20,22H2,1-3H3,(H,44,52)(H,40,42,43);4-6H2,1-3H3/t32-,33+,34+,51?;/m0./s1. The summed E-state index contributed by atoms with van der Waals surface area (Å²) in [7, 11) is 3.18. The Morgan fingerprint density at radius 3 is 1.95 bits per heavy atom. The van der Waals surface area contributed by atoms with Crippen LogP contribution < -0.4 is 35.0 Å².